The van der Waals surface area contributed by atoms with Crippen LogP contribution in [0.25, 0.3) is 0 Å². The first-order chi connectivity index (χ1) is 12.1. The van der Waals surface area contributed by atoms with Crippen LogP contribution in [0.4, 0.5) is 4.79 Å². The smallest absolute Gasteiger partial charge is 0.317 e. The standard InChI is InChI=1S/C18H24N4O2S/c1-13-21-15(12-25-13)11-22(2)18(23)20-10-14-6-5-9-19-17(14)24-16-7-3-4-8-16/h5-6,9,12,16H,3-4,7-8,10-11H2,1-2H3,(H,20,23). The fourth-order valence-corrected chi connectivity index (χ4v) is 3.53. The van der Waals surface area contributed by atoms with E-state index in [2.05, 4.69) is 15.3 Å². The van der Waals surface area contributed by atoms with E-state index in [1.165, 1.54) is 12.8 Å². The maximum absolute atomic E-state index is 12.3. The van der Waals surface area contributed by atoms with E-state index in [-0.39, 0.29) is 12.1 Å². The van der Waals surface area contributed by atoms with Crippen molar-refractivity contribution in [1.29, 1.82) is 0 Å². The summed E-state index contributed by atoms with van der Waals surface area (Å²) in [5, 5.41) is 5.92. The molecule has 1 saturated carbocycles. The molecule has 2 heterocycles. The number of ether oxygens (including phenoxy) is 1. The van der Waals surface area contributed by atoms with Crippen LogP contribution in [0.1, 0.15) is 41.9 Å². The minimum atomic E-state index is -0.138. The molecular formula is C18H24N4O2S. The van der Waals surface area contributed by atoms with Crippen molar-refractivity contribution in [3.05, 3.63) is 40.0 Å². The lowest BCUT2D eigenvalue weighted by Gasteiger charge is -2.18. The Hall–Kier alpha value is -2.15. The van der Waals surface area contributed by atoms with Crippen LogP contribution in [0.5, 0.6) is 5.88 Å². The number of hydrogen-bond donors (Lipinski definition) is 1. The molecule has 1 fully saturated rings. The fraction of sp³-hybridized carbons (Fsp3) is 0.500. The number of urea groups is 1. The summed E-state index contributed by atoms with van der Waals surface area (Å²) < 4.78 is 6.01. The Bertz CT molecular complexity index is 713. The molecule has 0 radical (unpaired) electrons. The van der Waals surface area contributed by atoms with Crippen LogP contribution >= 0.6 is 11.3 Å². The second kappa shape index (κ2) is 8.29. The van der Waals surface area contributed by atoms with E-state index in [0.717, 1.165) is 29.1 Å². The molecule has 134 valence electrons. The fourth-order valence-electron chi connectivity index (χ4n) is 2.93. The third kappa shape index (κ3) is 4.92. The van der Waals surface area contributed by atoms with E-state index in [4.69, 9.17) is 4.74 Å². The third-order valence-electron chi connectivity index (χ3n) is 4.27. The summed E-state index contributed by atoms with van der Waals surface area (Å²) in [6.45, 7) is 2.85. The van der Waals surface area contributed by atoms with Gasteiger partial charge in [0.05, 0.1) is 17.2 Å². The van der Waals surface area contributed by atoms with Crippen molar-refractivity contribution < 1.29 is 9.53 Å². The molecule has 2 aromatic rings. The van der Waals surface area contributed by atoms with E-state index in [1.807, 2.05) is 24.4 Å². The van der Waals surface area contributed by atoms with Crippen molar-refractivity contribution in [1.82, 2.24) is 20.2 Å². The largest absolute Gasteiger partial charge is 0.474 e. The molecule has 0 aliphatic heterocycles. The lowest BCUT2D eigenvalue weighted by molar-refractivity contribution is 0.196. The van der Waals surface area contributed by atoms with Crippen LogP contribution < -0.4 is 10.1 Å². The van der Waals surface area contributed by atoms with Crippen molar-refractivity contribution in [3.63, 3.8) is 0 Å². The monoisotopic (exact) mass is 360 g/mol. The molecule has 0 saturated heterocycles. The number of nitrogens with one attached hydrogen (secondary N) is 1. The first kappa shape index (κ1) is 17.7. The molecule has 0 bridgehead atoms. The number of carbonyl (C=O) groups excluding carboxylic acids is 1. The zero-order chi connectivity index (χ0) is 17.6. The van der Waals surface area contributed by atoms with Gasteiger partial charge in [-0.2, -0.15) is 0 Å². The number of carbonyl (C=O) groups is 1. The molecule has 1 aliphatic rings. The summed E-state index contributed by atoms with van der Waals surface area (Å²) in [5.74, 6) is 0.632. The maximum Gasteiger partial charge on any atom is 0.317 e. The molecule has 0 aromatic carbocycles. The molecule has 2 aromatic heterocycles. The van der Waals surface area contributed by atoms with Crippen LogP contribution in [-0.2, 0) is 13.1 Å². The highest BCUT2D eigenvalue weighted by atomic mass is 32.1. The van der Waals surface area contributed by atoms with Gasteiger partial charge in [-0.1, -0.05) is 6.07 Å². The number of rotatable bonds is 6. The predicted octanol–water partition coefficient (Wildman–Crippen LogP) is 3.51. The Morgan fingerprint density at radius 1 is 1.44 bits per heavy atom. The van der Waals surface area contributed by atoms with Crippen molar-refractivity contribution in [2.75, 3.05) is 7.05 Å². The van der Waals surface area contributed by atoms with Crippen LogP contribution in [0.3, 0.4) is 0 Å². The first-order valence-electron chi connectivity index (χ1n) is 8.62. The molecule has 7 heteroatoms. The molecule has 0 spiro atoms. The molecule has 0 atom stereocenters. The van der Waals surface area contributed by atoms with Gasteiger partial charge in [-0.05, 0) is 38.7 Å². The maximum atomic E-state index is 12.3. The molecule has 0 unspecified atom stereocenters. The van der Waals surface area contributed by atoms with Gasteiger partial charge in [0.2, 0.25) is 5.88 Å². The van der Waals surface area contributed by atoms with Crippen LogP contribution in [0.2, 0.25) is 0 Å². The van der Waals surface area contributed by atoms with Crippen molar-refractivity contribution >= 4 is 17.4 Å². The summed E-state index contributed by atoms with van der Waals surface area (Å²) in [4.78, 5) is 22.7. The highest BCUT2D eigenvalue weighted by molar-refractivity contribution is 7.09. The van der Waals surface area contributed by atoms with Crippen LogP contribution in [0.15, 0.2) is 23.7 Å². The number of amides is 2. The van der Waals surface area contributed by atoms with Gasteiger partial charge < -0.3 is 15.0 Å². The molecule has 2 amide bonds. The number of hydrogen-bond acceptors (Lipinski definition) is 5. The van der Waals surface area contributed by atoms with Gasteiger partial charge in [0.25, 0.3) is 0 Å². The van der Waals surface area contributed by atoms with Gasteiger partial charge in [0, 0.05) is 30.7 Å². The Balaban J connectivity index is 1.54. The SMILES string of the molecule is Cc1nc(CN(C)C(=O)NCc2cccnc2OC2CCCC2)cs1. The van der Waals surface area contributed by atoms with E-state index < -0.39 is 0 Å². The predicted molar refractivity (Wildman–Crippen MR) is 97.7 cm³/mol. The average Bonchev–Trinajstić information content (AvgIpc) is 3.25. The summed E-state index contributed by atoms with van der Waals surface area (Å²) in [7, 11) is 1.77. The van der Waals surface area contributed by atoms with Gasteiger partial charge in [0.1, 0.15) is 6.10 Å². The van der Waals surface area contributed by atoms with E-state index >= 15 is 0 Å². The quantitative estimate of drug-likeness (QED) is 0.856. The summed E-state index contributed by atoms with van der Waals surface area (Å²) in [6, 6.07) is 3.67. The number of aryl methyl sites for hydroxylation is 1. The molecular weight excluding hydrogens is 336 g/mol. The molecule has 1 N–H and O–H groups in total. The molecule has 6 nitrogen and oxygen atoms in total. The first-order valence-corrected chi connectivity index (χ1v) is 9.50. The lowest BCUT2D eigenvalue weighted by atomic mass is 10.2. The Morgan fingerprint density at radius 3 is 2.96 bits per heavy atom. The summed E-state index contributed by atoms with van der Waals surface area (Å²) in [5.41, 5.74) is 1.81. The molecule has 1 aliphatic carbocycles. The van der Waals surface area contributed by atoms with Crippen LogP contribution in [0, 0.1) is 6.92 Å². The second-order valence-electron chi connectivity index (χ2n) is 6.36. The number of aromatic nitrogens is 2. The van der Waals surface area contributed by atoms with Crippen molar-refractivity contribution in [2.45, 2.75) is 51.8 Å². The Labute approximate surface area is 152 Å². The van der Waals surface area contributed by atoms with Gasteiger partial charge in [-0.25, -0.2) is 14.8 Å². The minimum Gasteiger partial charge on any atom is -0.474 e. The van der Waals surface area contributed by atoms with Gasteiger partial charge in [0.15, 0.2) is 0 Å². The van der Waals surface area contributed by atoms with Gasteiger partial charge in [-0.3, -0.25) is 0 Å². The van der Waals surface area contributed by atoms with E-state index in [9.17, 15) is 4.79 Å². The molecule has 3 rings (SSSR count). The van der Waals surface area contributed by atoms with Gasteiger partial charge >= 0.3 is 6.03 Å². The van der Waals surface area contributed by atoms with Crippen molar-refractivity contribution in [3.8, 4) is 5.88 Å². The van der Waals surface area contributed by atoms with Crippen molar-refractivity contribution in [2.24, 2.45) is 0 Å². The lowest BCUT2D eigenvalue weighted by Crippen LogP contribution is -2.36. The van der Waals surface area contributed by atoms with Crippen LogP contribution in [-0.4, -0.2) is 34.1 Å². The van der Waals surface area contributed by atoms with E-state index in [1.54, 1.807) is 29.5 Å². The topological polar surface area (TPSA) is 67.4 Å². The number of pyridine rings is 1. The second-order valence-corrected chi connectivity index (χ2v) is 7.43. The molecule has 25 heavy (non-hydrogen) atoms. The number of nitrogens with zero attached hydrogens (tertiary/aromatic N) is 3. The zero-order valence-corrected chi connectivity index (χ0v) is 15.5. The third-order valence-corrected chi connectivity index (χ3v) is 5.10. The number of thiazole rings is 1. The highest BCUT2D eigenvalue weighted by Crippen LogP contribution is 2.25. The Morgan fingerprint density at radius 2 is 2.24 bits per heavy atom. The summed E-state index contributed by atoms with van der Waals surface area (Å²) in [6.07, 6.45) is 6.57. The zero-order valence-electron chi connectivity index (χ0n) is 14.7. The normalized spacial score (nSPS) is 14.5. The highest BCUT2D eigenvalue weighted by Gasteiger charge is 2.19. The minimum absolute atomic E-state index is 0.138. The average molecular weight is 360 g/mol. The van der Waals surface area contributed by atoms with Gasteiger partial charge in [-0.15, -0.1) is 11.3 Å². The summed E-state index contributed by atoms with van der Waals surface area (Å²) >= 11 is 1.59. The Kier molecular flexibility index (Phi) is 5.86. The van der Waals surface area contributed by atoms with E-state index in [0.29, 0.717) is 19.0 Å².